The molecule has 2 amide bonds. The number of hydrogen-bond acceptors (Lipinski definition) is 4. The Kier molecular flexibility index (Phi) is 6.31. The third kappa shape index (κ3) is 5.39. The van der Waals surface area contributed by atoms with Crippen molar-refractivity contribution in [2.24, 2.45) is 5.10 Å². The lowest BCUT2D eigenvalue weighted by atomic mass is 10.1. The molecule has 2 aromatic rings. The van der Waals surface area contributed by atoms with Crippen LogP contribution in [0, 0.1) is 0 Å². The summed E-state index contributed by atoms with van der Waals surface area (Å²) in [6.45, 7) is 2.37. The van der Waals surface area contributed by atoms with Gasteiger partial charge in [-0.3, -0.25) is 4.98 Å². The van der Waals surface area contributed by atoms with Crippen molar-refractivity contribution in [2.45, 2.75) is 13.3 Å². The minimum atomic E-state index is -0.324. The van der Waals surface area contributed by atoms with Crippen molar-refractivity contribution in [2.75, 3.05) is 25.5 Å². The van der Waals surface area contributed by atoms with E-state index in [9.17, 15) is 4.79 Å². The van der Waals surface area contributed by atoms with Crippen LogP contribution >= 0.6 is 0 Å². The summed E-state index contributed by atoms with van der Waals surface area (Å²) in [7, 11) is 3.99. The van der Waals surface area contributed by atoms with Gasteiger partial charge in [-0.25, -0.2) is 10.2 Å². The first kappa shape index (κ1) is 17.5. The number of anilines is 1. The smallest absolute Gasteiger partial charge is 0.335 e. The van der Waals surface area contributed by atoms with Gasteiger partial charge in [0.05, 0.1) is 5.71 Å². The number of aromatic nitrogens is 1. The van der Waals surface area contributed by atoms with Crippen LogP contribution in [0.15, 0.2) is 53.8 Å². The lowest BCUT2D eigenvalue weighted by molar-refractivity contribution is 0.241. The Morgan fingerprint density at radius 3 is 2.54 bits per heavy atom. The maximum absolute atomic E-state index is 11.8. The lowest BCUT2D eigenvalue weighted by Crippen LogP contribution is -2.34. The van der Waals surface area contributed by atoms with Crippen molar-refractivity contribution in [3.8, 4) is 0 Å². The molecule has 0 aliphatic rings. The van der Waals surface area contributed by atoms with E-state index in [-0.39, 0.29) is 6.03 Å². The number of carbonyl (C=O) groups is 1. The van der Waals surface area contributed by atoms with Crippen molar-refractivity contribution < 1.29 is 4.79 Å². The van der Waals surface area contributed by atoms with E-state index in [2.05, 4.69) is 20.8 Å². The molecule has 1 aromatic carbocycles. The molecule has 0 saturated heterocycles. The molecule has 126 valence electrons. The van der Waals surface area contributed by atoms with Crippen LogP contribution in [0.5, 0.6) is 0 Å². The van der Waals surface area contributed by atoms with Gasteiger partial charge in [-0.1, -0.05) is 18.2 Å². The number of hydrogen-bond donors (Lipinski definition) is 2. The molecule has 2 N–H and O–H groups in total. The lowest BCUT2D eigenvalue weighted by Gasteiger charge is -2.12. The Morgan fingerprint density at radius 1 is 1.17 bits per heavy atom. The topological polar surface area (TPSA) is 69.6 Å². The van der Waals surface area contributed by atoms with Gasteiger partial charge < -0.3 is 10.2 Å². The van der Waals surface area contributed by atoms with E-state index < -0.39 is 0 Å². The van der Waals surface area contributed by atoms with Crippen LogP contribution in [0.25, 0.3) is 0 Å². The zero-order valence-electron chi connectivity index (χ0n) is 14.3. The Hall–Kier alpha value is -2.89. The Bertz CT molecular complexity index is 680. The molecule has 0 radical (unpaired) electrons. The van der Waals surface area contributed by atoms with Crippen LogP contribution in [-0.4, -0.2) is 37.4 Å². The van der Waals surface area contributed by atoms with Gasteiger partial charge >= 0.3 is 6.03 Å². The number of hydrazone groups is 1. The number of carbonyl (C=O) groups excluding carboxylic acids is 1. The van der Waals surface area contributed by atoms with Gasteiger partial charge in [-0.15, -0.1) is 0 Å². The molecule has 0 aliphatic carbocycles. The standard InChI is InChI=1S/C18H23N5O/c1-14(15-7-9-17(10-8-15)23(2)3)21-22-18(24)20-13-11-16-6-4-5-12-19-16/h4-10,12H,11,13H2,1-3H3,(H2,20,22,24)/b21-14+. The van der Waals surface area contributed by atoms with Crippen molar-refractivity contribution in [3.63, 3.8) is 0 Å². The molecule has 1 aromatic heterocycles. The van der Waals surface area contributed by atoms with Gasteiger partial charge in [0, 0.05) is 44.6 Å². The second-order valence-corrected chi connectivity index (χ2v) is 5.58. The highest BCUT2D eigenvalue weighted by Crippen LogP contribution is 2.12. The average Bonchev–Trinajstić information content (AvgIpc) is 2.60. The zero-order valence-corrected chi connectivity index (χ0v) is 14.3. The Labute approximate surface area is 142 Å². The molecular weight excluding hydrogens is 302 g/mol. The maximum Gasteiger partial charge on any atom is 0.335 e. The molecule has 0 atom stereocenters. The minimum absolute atomic E-state index is 0.324. The van der Waals surface area contributed by atoms with Gasteiger partial charge in [-0.2, -0.15) is 5.10 Å². The van der Waals surface area contributed by atoms with E-state index in [1.807, 2.05) is 68.4 Å². The predicted octanol–water partition coefficient (Wildman–Crippen LogP) is 2.41. The molecule has 0 fully saturated rings. The third-order valence-electron chi connectivity index (χ3n) is 3.52. The summed E-state index contributed by atoms with van der Waals surface area (Å²) < 4.78 is 0. The molecule has 0 unspecified atom stereocenters. The van der Waals surface area contributed by atoms with Crippen LogP contribution in [0.3, 0.4) is 0 Å². The molecule has 1 heterocycles. The van der Waals surface area contributed by atoms with Crippen molar-refractivity contribution in [1.29, 1.82) is 0 Å². The SMILES string of the molecule is C/C(=N\NC(=O)NCCc1ccccn1)c1ccc(N(C)C)cc1. The fourth-order valence-corrected chi connectivity index (χ4v) is 2.09. The monoisotopic (exact) mass is 325 g/mol. The summed E-state index contributed by atoms with van der Waals surface area (Å²) in [6.07, 6.45) is 2.42. The molecule has 6 nitrogen and oxygen atoms in total. The summed E-state index contributed by atoms with van der Waals surface area (Å²) in [5.41, 5.74) is 6.29. The van der Waals surface area contributed by atoms with E-state index in [1.54, 1.807) is 6.20 Å². The minimum Gasteiger partial charge on any atom is -0.378 e. The number of nitrogens with one attached hydrogen (secondary N) is 2. The summed E-state index contributed by atoms with van der Waals surface area (Å²) in [5, 5.41) is 6.88. The fraction of sp³-hybridized carbons (Fsp3) is 0.278. The molecule has 0 spiro atoms. The predicted molar refractivity (Wildman–Crippen MR) is 97.5 cm³/mol. The highest BCUT2D eigenvalue weighted by Gasteiger charge is 2.02. The summed E-state index contributed by atoms with van der Waals surface area (Å²) >= 11 is 0. The molecule has 0 aliphatic heterocycles. The number of nitrogens with zero attached hydrogens (tertiary/aromatic N) is 3. The van der Waals surface area contributed by atoms with Gasteiger partial charge in [-0.05, 0) is 36.8 Å². The van der Waals surface area contributed by atoms with Crippen LogP contribution in [0.2, 0.25) is 0 Å². The highest BCUT2D eigenvalue weighted by molar-refractivity contribution is 5.99. The largest absolute Gasteiger partial charge is 0.378 e. The zero-order chi connectivity index (χ0) is 17.4. The molecule has 0 bridgehead atoms. The fourth-order valence-electron chi connectivity index (χ4n) is 2.09. The van der Waals surface area contributed by atoms with E-state index in [0.717, 1.165) is 22.7 Å². The molecule has 2 rings (SSSR count). The molecule has 24 heavy (non-hydrogen) atoms. The summed E-state index contributed by atoms with van der Waals surface area (Å²) in [4.78, 5) is 18.0. The molecule has 6 heteroatoms. The number of pyridine rings is 1. The van der Waals surface area contributed by atoms with Crippen LogP contribution in [0.4, 0.5) is 10.5 Å². The van der Waals surface area contributed by atoms with Crippen molar-refractivity contribution >= 4 is 17.4 Å². The van der Waals surface area contributed by atoms with Gasteiger partial charge in [0.2, 0.25) is 0 Å². The molecule has 0 saturated carbocycles. The maximum atomic E-state index is 11.8. The number of benzene rings is 1. The quantitative estimate of drug-likeness (QED) is 0.633. The third-order valence-corrected chi connectivity index (χ3v) is 3.52. The van der Waals surface area contributed by atoms with Gasteiger partial charge in [0.15, 0.2) is 0 Å². The van der Waals surface area contributed by atoms with Crippen LogP contribution < -0.4 is 15.6 Å². The Balaban J connectivity index is 1.79. The van der Waals surface area contributed by atoms with Crippen molar-refractivity contribution in [3.05, 3.63) is 59.9 Å². The van der Waals surface area contributed by atoms with Crippen molar-refractivity contribution in [1.82, 2.24) is 15.7 Å². The van der Waals surface area contributed by atoms with Crippen LogP contribution in [0.1, 0.15) is 18.2 Å². The second kappa shape index (κ2) is 8.67. The van der Waals surface area contributed by atoms with E-state index >= 15 is 0 Å². The Morgan fingerprint density at radius 2 is 1.92 bits per heavy atom. The first-order valence-corrected chi connectivity index (χ1v) is 7.82. The van der Waals surface area contributed by atoms with E-state index in [4.69, 9.17) is 0 Å². The van der Waals surface area contributed by atoms with E-state index in [1.165, 1.54) is 0 Å². The van der Waals surface area contributed by atoms with Crippen LogP contribution in [-0.2, 0) is 6.42 Å². The summed E-state index contributed by atoms with van der Waals surface area (Å²) in [6, 6.07) is 13.4. The number of amides is 2. The van der Waals surface area contributed by atoms with Gasteiger partial charge in [0.25, 0.3) is 0 Å². The number of urea groups is 1. The number of rotatable bonds is 6. The normalized spacial score (nSPS) is 11.0. The van der Waals surface area contributed by atoms with E-state index in [0.29, 0.717) is 13.0 Å². The first-order chi connectivity index (χ1) is 11.6. The average molecular weight is 325 g/mol. The summed E-state index contributed by atoms with van der Waals surface area (Å²) in [5.74, 6) is 0. The second-order valence-electron chi connectivity index (χ2n) is 5.58. The van der Waals surface area contributed by atoms with Gasteiger partial charge in [0.1, 0.15) is 0 Å². The highest BCUT2D eigenvalue weighted by atomic mass is 16.2. The molecular formula is C18H23N5O. The first-order valence-electron chi connectivity index (χ1n) is 7.82.